The van der Waals surface area contributed by atoms with Gasteiger partial charge in [0.1, 0.15) is 6.61 Å². The first-order chi connectivity index (χ1) is 12.1. The molecular weight excluding hydrogens is 340 g/mol. The molecule has 0 radical (unpaired) electrons. The Hall–Kier alpha value is -2.77. The summed E-state index contributed by atoms with van der Waals surface area (Å²) in [5.74, 6) is 0.627. The van der Waals surface area contributed by atoms with Gasteiger partial charge in [0.25, 0.3) is 0 Å². The van der Waals surface area contributed by atoms with Crippen LogP contribution in [0.4, 0.5) is 4.79 Å². The van der Waals surface area contributed by atoms with E-state index in [1.807, 2.05) is 0 Å². The van der Waals surface area contributed by atoms with Crippen LogP contribution in [0.25, 0.3) is 0 Å². The smallest absolute Gasteiger partial charge is 0.410 e. The summed E-state index contributed by atoms with van der Waals surface area (Å²) in [7, 11) is 1.49. The summed E-state index contributed by atoms with van der Waals surface area (Å²) in [5, 5.41) is 2.69. The number of carbonyl (C=O) groups excluding carboxylic acids is 3. The maximum absolute atomic E-state index is 12.6. The number of hydrogen-bond donors (Lipinski definition) is 1. The maximum Gasteiger partial charge on any atom is 0.410 e. The number of carbonyl (C=O) groups is 3. The van der Waals surface area contributed by atoms with Gasteiger partial charge in [-0.2, -0.15) is 0 Å². The van der Waals surface area contributed by atoms with Crippen LogP contribution >= 0.6 is 0 Å². The minimum atomic E-state index is -0.730. The van der Waals surface area contributed by atoms with Crippen molar-refractivity contribution in [3.05, 3.63) is 23.8 Å². The van der Waals surface area contributed by atoms with Crippen molar-refractivity contribution >= 4 is 17.8 Å². The molecule has 8 nitrogen and oxygen atoms in total. The van der Waals surface area contributed by atoms with Gasteiger partial charge in [-0.15, -0.1) is 0 Å². The largest absolute Gasteiger partial charge is 0.454 e. The number of rotatable bonds is 6. The lowest BCUT2D eigenvalue weighted by atomic mass is 10.0. The molecule has 0 aromatic heterocycles. The Morgan fingerprint density at radius 1 is 1.27 bits per heavy atom. The molecule has 0 spiro atoms. The molecular formula is C18H24N2O6. The quantitative estimate of drug-likeness (QED) is 0.776. The fourth-order valence-electron chi connectivity index (χ4n) is 2.48. The highest BCUT2D eigenvalue weighted by atomic mass is 16.7. The minimum Gasteiger partial charge on any atom is -0.454 e. The van der Waals surface area contributed by atoms with Crippen LogP contribution in [-0.2, 0) is 9.53 Å². The Labute approximate surface area is 152 Å². The Bertz CT molecular complexity index is 716. The summed E-state index contributed by atoms with van der Waals surface area (Å²) in [6, 6.07) is 4.16. The van der Waals surface area contributed by atoms with Crippen molar-refractivity contribution in [1.82, 2.24) is 10.2 Å². The number of benzene rings is 1. The van der Waals surface area contributed by atoms with E-state index in [9.17, 15) is 14.4 Å². The number of fused-ring (bicyclic) bond motifs is 1. The van der Waals surface area contributed by atoms with Crippen LogP contribution in [0.5, 0.6) is 11.5 Å². The van der Waals surface area contributed by atoms with Crippen LogP contribution in [0.1, 0.15) is 38.1 Å². The summed E-state index contributed by atoms with van der Waals surface area (Å²) >= 11 is 0. The van der Waals surface area contributed by atoms with E-state index in [1.165, 1.54) is 18.9 Å². The van der Waals surface area contributed by atoms with Crippen LogP contribution < -0.4 is 14.8 Å². The third-order valence-electron chi connectivity index (χ3n) is 3.98. The lowest BCUT2D eigenvalue weighted by molar-refractivity contribution is -0.121. The number of nitrogens with zero attached hydrogens (tertiary/aromatic N) is 1. The zero-order valence-electron chi connectivity index (χ0n) is 15.6. The molecule has 0 bridgehead atoms. The van der Waals surface area contributed by atoms with Gasteiger partial charge in [0.05, 0.1) is 11.6 Å². The van der Waals surface area contributed by atoms with Gasteiger partial charge in [0, 0.05) is 19.5 Å². The van der Waals surface area contributed by atoms with Crippen LogP contribution in [0.15, 0.2) is 18.2 Å². The molecule has 0 saturated carbocycles. The van der Waals surface area contributed by atoms with Gasteiger partial charge in [0.15, 0.2) is 17.3 Å². The lowest BCUT2D eigenvalue weighted by Gasteiger charge is -2.28. The highest BCUT2D eigenvalue weighted by molar-refractivity contribution is 6.01. The number of likely N-dealkylation sites (N-methyl/N-ethyl adjacent to an activating group) is 1. The van der Waals surface area contributed by atoms with Crippen molar-refractivity contribution < 1.29 is 28.6 Å². The van der Waals surface area contributed by atoms with Gasteiger partial charge in [-0.25, -0.2) is 4.79 Å². The Kier molecular flexibility index (Phi) is 5.74. The van der Waals surface area contributed by atoms with Crippen LogP contribution in [0.2, 0.25) is 0 Å². The summed E-state index contributed by atoms with van der Waals surface area (Å²) in [6.07, 6.45) is -0.648. The Morgan fingerprint density at radius 3 is 2.58 bits per heavy atom. The number of Topliss-reactive ketones (excluding diaryl/α,β-unsaturated/α-hetero) is 1. The first-order valence-corrected chi connectivity index (χ1v) is 8.23. The summed E-state index contributed by atoms with van der Waals surface area (Å²) < 4.78 is 15.7. The van der Waals surface area contributed by atoms with Crippen molar-refractivity contribution in [2.45, 2.75) is 39.3 Å². The van der Waals surface area contributed by atoms with Gasteiger partial charge in [-0.3, -0.25) is 9.59 Å². The zero-order valence-corrected chi connectivity index (χ0v) is 15.6. The molecule has 1 aromatic carbocycles. The summed E-state index contributed by atoms with van der Waals surface area (Å²) in [5.41, 5.74) is -0.285. The van der Waals surface area contributed by atoms with Crippen molar-refractivity contribution in [1.29, 1.82) is 0 Å². The van der Waals surface area contributed by atoms with Crippen molar-refractivity contribution in [3.63, 3.8) is 0 Å². The predicted molar refractivity (Wildman–Crippen MR) is 93.4 cm³/mol. The average Bonchev–Trinajstić information content (AvgIpc) is 3.04. The van der Waals surface area contributed by atoms with E-state index in [4.69, 9.17) is 14.2 Å². The molecule has 26 heavy (non-hydrogen) atoms. The Balaban J connectivity index is 1.97. The standard InChI is InChI=1S/C18H24N2O6/c1-11(16(22)13-6-7-14-15(8-13)26-10-25-14)20(5)17(23)24-9-18(3,4)19-12(2)21/h6-8,11H,9-10H2,1-5H3,(H,19,21). The molecule has 1 unspecified atom stereocenters. The number of hydrogen-bond acceptors (Lipinski definition) is 6. The second kappa shape index (κ2) is 7.63. The van der Waals surface area contributed by atoms with Gasteiger partial charge in [0.2, 0.25) is 12.7 Å². The number of amides is 2. The number of ether oxygens (including phenoxy) is 3. The summed E-state index contributed by atoms with van der Waals surface area (Å²) in [4.78, 5) is 37.2. The van der Waals surface area contributed by atoms with E-state index in [2.05, 4.69) is 5.32 Å². The SMILES string of the molecule is CC(=O)NC(C)(C)COC(=O)N(C)C(C)C(=O)c1ccc2c(c1)OCO2. The molecule has 8 heteroatoms. The van der Waals surface area contributed by atoms with Gasteiger partial charge in [-0.05, 0) is 39.0 Å². The average molecular weight is 364 g/mol. The second-order valence-corrected chi connectivity index (χ2v) is 6.84. The molecule has 1 aliphatic rings. The van der Waals surface area contributed by atoms with Crippen LogP contribution in [0, 0.1) is 0 Å². The number of nitrogens with one attached hydrogen (secondary N) is 1. The third-order valence-corrected chi connectivity index (χ3v) is 3.98. The van der Waals surface area contributed by atoms with Gasteiger partial charge < -0.3 is 24.4 Å². The van der Waals surface area contributed by atoms with Gasteiger partial charge in [-0.1, -0.05) is 0 Å². The molecule has 2 amide bonds. The first kappa shape index (κ1) is 19.6. The zero-order chi connectivity index (χ0) is 19.5. The third kappa shape index (κ3) is 4.65. The normalized spacial score (nSPS) is 13.7. The predicted octanol–water partition coefficient (Wildman–Crippen LogP) is 1.97. The number of ketones is 1. The van der Waals surface area contributed by atoms with Gasteiger partial charge >= 0.3 is 6.09 Å². The summed E-state index contributed by atoms with van der Waals surface area (Å²) in [6.45, 7) is 6.60. The van der Waals surface area contributed by atoms with E-state index in [-0.39, 0.29) is 25.1 Å². The first-order valence-electron chi connectivity index (χ1n) is 8.23. The molecule has 0 fully saturated rings. The van der Waals surface area contributed by atoms with Crippen molar-refractivity contribution in [2.24, 2.45) is 0 Å². The van der Waals surface area contributed by atoms with E-state index >= 15 is 0 Å². The molecule has 142 valence electrons. The molecule has 1 heterocycles. The Morgan fingerprint density at radius 2 is 1.92 bits per heavy atom. The van der Waals surface area contributed by atoms with Crippen molar-refractivity contribution in [3.8, 4) is 11.5 Å². The molecule has 0 aliphatic carbocycles. The van der Waals surface area contributed by atoms with Crippen molar-refractivity contribution in [2.75, 3.05) is 20.4 Å². The highest BCUT2D eigenvalue weighted by Crippen LogP contribution is 2.33. The topological polar surface area (TPSA) is 94.2 Å². The monoisotopic (exact) mass is 364 g/mol. The minimum absolute atomic E-state index is 0.0132. The lowest BCUT2D eigenvalue weighted by Crippen LogP contribution is -2.48. The fraction of sp³-hybridized carbons (Fsp3) is 0.500. The molecule has 1 atom stereocenters. The molecule has 1 aromatic rings. The second-order valence-electron chi connectivity index (χ2n) is 6.84. The highest BCUT2D eigenvalue weighted by Gasteiger charge is 2.28. The van der Waals surface area contributed by atoms with E-state index in [0.29, 0.717) is 17.1 Å². The molecule has 2 rings (SSSR count). The molecule has 1 aliphatic heterocycles. The van der Waals surface area contributed by atoms with Crippen LogP contribution in [0.3, 0.4) is 0 Å². The van der Waals surface area contributed by atoms with E-state index in [0.717, 1.165) is 0 Å². The fourth-order valence-corrected chi connectivity index (χ4v) is 2.48. The molecule has 1 N–H and O–H groups in total. The maximum atomic E-state index is 12.6. The molecule has 0 saturated heterocycles. The van der Waals surface area contributed by atoms with Crippen LogP contribution in [-0.4, -0.2) is 54.7 Å². The van der Waals surface area contributed by atoms with E-state index in [1.54, 1.807) is 39.0 Å². The van der Waals surface area contributed by atoms with E-state index < -0.39 is 17.7 Å².